The lowest BCUT2D eigenvalue weighted by molar-refractivity contribution is -0.384. The monoisotopic (exact) mass is 372 g/mol. The molecule has 140 valence electrons. The molecule has 10 nitrogen and oxygen atoms in total. The Labute approximate surface area is 153 Å². The highest BCUT2D eigenvalue weighted by molar-refractivity contribution is 6.39. The van der Waals surface area contributed by atoms with Gasteiger partial charge in [-0.1, -0.05) is 12.1 Å². The smallest absolute Gasteiger partial charge is 0.329 e. The van der Waals surface area contributed by atoms with Gasteiger partial charge in [-0.2, -0.15) is 5.10 Å². The van der Waals surface area contributed by atoms with Crippen LogP contribution in [-0.4, -0.2) is 37.2 Å². The first-order chi connectivity index (χ1) is 12.9. The normalized spacial score (nSPS) is 10.3. The van der Waals surface area contributed by atoms with Crippen molar-refractivity contribution in [3.05, 3.63) is 58.1 Å². The van der Waals surface area contributed by atoms with Crippen molar-refractivity contribution in [1.29, 1.82) is 0 Å². The zero-order valence-corrected chi connectivity index (χ0v) is 14.5. The minimum Gasteiger partial charge on any atom is -0.497 e. The van der Waals surface area contributed by atoms with Crippen molar-refractivity contribution in [3.8, 4) is 11.5 Å². The van der Waals surface area contributed by atoms with E-state index < -0.39 is 16.7 Å². The van der Waals surface area contributed by atoms with Crippen molar-refractivity contribution in [2.45, 2.75) is 0 Å². The molecule has 0 aliphatic heterocycles. The number of hydrogen-bond donors (Lipinski definition) is 2. The Hall–Kier alpha value is -3.95. The summed E-state index contributed by atoms with van der Waals surface area (Å²) in [5.41, 5.74) is 2.60. The number of hydrazone groups is 1. The molecule has 2 rings (SSSR count). The van der Waals surface area contributed by atoms with E-state index in [-0.39, 0.29) is 11.4 Å². The number of amides is 2. The number of methoxy groups -OCH3 is 2. The van der Waals surface area contributed by atoms with E-state index in [1.807, 2.05) is 5.43 Å². The Morgan fingerprint density at radius 1 is 1.11 bits per heavy atom. The molecule has 0 atom stereocenters. The van der Waals surface area contributed by atoms with Crippen molar-refractivity contribution in [2.75, 3.05) is 19.5 Å². The molecule has 0 unspecified atom stereocenters. The summed E-state index contributed by atoms with van der Waals surface area (Å²) < 4.78 is 10.2. The van der Waals surface area contributed by atoms with Gasteiger partial charge >= 0.3 is 11.8 Å². The molecule has 0 aliphatic carbocycles. The van der Waals surface area contributed by atoms with Crippen LogP contribution in [0.4, 0.5) is 11.4 Å². The van der Waals surface area contributed by atoms with Gasteiger partial charge in [-0.15, -0.1) is 0 Å². The van der Waals surface area contributed by atoms with Crippen LogP contribution in [0, 0.1) is 10.1 Å². The maximum atomic E-state index is 11.9. The zero-order chi connectivity index (χ0) is 19.8. The molecule has 2 N–H and O–H groups in total. The van der Waals surface area contributed by atoms with Crippen LogP contribution in [0.5, 0.6) is 11.5 Å². The average molecular weight is 372 g/mol. The van der Waals surface area contributed by atoms with Crippen molar-refractivity contribution >= 4 is 29.4 Å². The van der Waals surface area contributed by atoms with Gasteiger partial charge in [0.1, 0.15) is 11.5 Å². The Bertz CT molecular complexity index is 897. The van der Waals surface area contributed by atoms with E-state index in [1.165, 1.54) is 44.7 Å². The fraction of sp³-hybridized carbons (Fsp3) is 0.118. The van der Waals surface area contributed by atoms with Crippen molar-refractivity contribution in [2.24, 2.45) is 5.10 Å². The fourth-order valence-corrected chi connectivity index (χ4v) is 2.02. The fourth-order valence-electron chi connectivity index (χ4n) is 2.02. The van der Waals surface area contributed by atoms with Crippen LogP contribution in [0.3, 0.4) is 0 Å². The first-order valence-electron chi connectivity index (χ1n) is 7.55. The largest absolute Gasteiger partial charge is 0.497 e. The second-order valence-electron chi connectivity index (χ2n) is 5.07. The number of rotatable bonds is 6. The van der Waals surface area contributed by atoms with Gasteiger partial charge < -0.3 is 14.8 Å². The lowest BCUT2D eigenvalue weighted by Gasteiger charge is -2.10. The zero-order valence-electron chi connectivity index (χ0n) is 14.5. The van der Waals surface area contributed by atoms with E-state index in [0.29, 0.717) is 17.1 Å². The summed E-state index contributed by atoms with van der Waals surface area (Å²) in [7, 11) is 2.90. The number of anilines is 1. The van der Waals surface area contributed by atoms with Crippen LogP contribution >= 0.6 is 0 Å². The van der Waals surface area contributed by atoms with Crippen molar-refractivity contribution in [3.63, 3.8) is 0 Å². The summed E-state index contributed by atoms with van der Waals surface area (Å²) in [6.07, 6.45) is 1.19. The molecule has 0 radical (unpaired) electrons. The third kappa shape index (κ3) is 5.26. The molecule has 10 heteroatoms. The molecule has 0 fully saturated rings. The van der Waals surface area contributed by atoms with E-state index in [0.717, 1.165) is 0 Å². The number of nitro benzene ring substituents is 1. The lowest BCUT2D eigenvalue weighted by Crippen LogP contribution is -2.32. The summed E-state index contributed by atoms with van der Waals surface area (Å²) in [6.45, 7) is 0. The van der Waals surface area contributed by atoms with Crippen LogP contribution in [-0.2, 0) is 9.59 Å². The summed E-state index contributed by atoms with van der Waals surface area (Å²) in [5, 5.41) is 16.7. The van der Waals surface area contributed by atoms with Gasteiger partial charge in [0, 0.05) is 23.8 Å². The molecule has 0 spiro atoms. The third-order valence-corrected chi connectivity index (χ3v) is 3.32. The molecular formula is C17H16N4O6. The van der Waals surface area contributed by atoms with Crippen LogP contribution in [0.25, 0.3) is 0 Å². The quantitative estimate of drug-likeness (QED) is 0.343. The van der Waals surface area contributed by atoms with Gasteiger partial charge in [0.2, 0.25) is 0 Å². The second kappa shape index (κ2) is 8.94. The molecule has 2 aromatic rings. The Kier molecular flexibility index (Phi) is 6.42. The number of nitrogens with one attached hydrogen (secondary N) is 2. The maximum Gasteiger partial charge on any atom is 0.329 e. The molecular weight excluding hydrogens is 356 g/mol. The van der Waals surface area contributed by atoms with E-state index in [4.69, 9.17) is 9.47 Å². The SMILES string of the molecule is COc1ccc(NC(=O)C(=O)N/N=C\c2cccc([N+](=O)[O-])c2)c(OC)c1. The lowest BCUT2D eigenvalue weighted by atomic mass is 10.2. The molecule has 0 heterocycles. The minimum absolute atomic E-state index is 0.116. The highest BCUT2D eigenvalue weighted by Crippen LogP contribution is 2.28. The van der Waals surface area contributed by atoms with Gasteiger partial charge in [0.25, 0.3) is 5.69 Å². The van der Waals surface area contributed by atoms with Crippen LogP contribution in [0.15, 0.2) is 47.6 Å². The molecule has 0 saturated heterocycles. The number of ether oxygens (including phenoxy) is 2. The molecule has 2 aromatic carbocycles. The van der Waals surface area contributed by atoms with Crippen molar-refractivity contribution < 1.29 is 24.0 Å². The first-order valence-corrected chi connectivity index (χ1v) is 7.55. The van der Waals surface area contributed by atoms with E-state index in [9.17, 15) is 19.7 Å². The van der Waals surface area contributed by atoms with Gasteiger partial charge in [0.05, 0.1) is 31.0 Å². The van der Waals surface area contributed by atoms with Crippen molar-refractivity contribution in [1.82, 2.24) is 5.43 Å². The number of nitrogens with zero attached hydrogens (tertiary/aromatic N) is 2. The number of benzene rings is 2. The third-order valence-electron chi connectivity index (χ3n) is 3.32. The summed E-state index contributed by atoms with van der Waals surface area (Å²) in [5.74, 6) is -1.14. The summed E-state index contributed by atoms with van der Waals surface area (Å²) in [6, 6.07) is 10.3. The summed E-state index contributed by atoms with van der Waals surface area (Å²) in [4.78, 5) is 33.9. The van der Waals surface area contributed by atoms with Gasteiger partial charge in [-0.3, -0.25) is 19.7 Å². The van der Waals surface area contributed by atoms with Crippen LogP contribution < -0.4 is 20.2 Å². The predicted octanol–water partition coefficient (Wildman–Crippen LogP) is 1.70. The highest BCUT2D eigenvalue weighted by atomic mass is 16.6. The Morgan fingerprint density at radius 2 is 1.89 bits per heavy atom. The predicted molar refractivity (Wildman–Crippen MR) is 97.0 cm³/mol. The molecule has 2 amide bonds. The van der Waals surface area contributed by atoms with E-state index >= 15 is 0 Å². The van der Waals surface area contributed by atoms with Crippen LogP contribution in [0.1, 0.15) is 5.56 Å². The number of non-ortho nitro benzene ring substituents is 1. The molecule has 0 aliphatic rings. The number of nitro groups is 1. The van der Waals surface area contributed by atoms with Crippen LogP contribution in [0.2, 0.25) is 0 Å². The number of hydrogen-bond acceptors (Lipinski definition) is 7. The summed E-state index contributed by atoms with van der Waals surface area (Å²) >= 11 is 0. The average Bonchev–Trinajstić information content (AvgIpc) is 2.68. The number of carbonyl (C=O) groups is 2. The molecule has 0 saturated carbocycles. The first kappa shape index (κ1) is 19.4. The van der Waals surface area contributed by atoms with E-state index in [1.54, 1.807) is 18.2 Å². The Balaban J connectivity index is 1.99. The molecule has 27 heavy (non-hydrogen) atoms. The minimum atomic E-state index is -1.02. The molecule has 0 bridgehead atoms. The molecule has 0 aromatic heterocycles. The standard InChI is InChI=1S/C17H16N4O6/c1-26-13-6-7-14(15(9-13)27-2)19-16(22)17(23)20-18-10-11-4-3-5-12(8-11)21(24)25/h3-10H,1-2H3,(H,19,22)(H,20,23)/b18-10-. The Morgan fingerprint density at radius 3 is 2.56 bits per heavy atom. The second-order valence-corrected chi connectivity index (χ2v) is 5.07. The number of carbonyl (C=O) groups excluding carboxylic acids is 2. The maximum absolute atomic E-state index is 11.9. The van der Waals surface area contributed by atoms with Gasteiger partial charge in [-0.05, 0) is 12.1 Å². The topological polar surface area (TPSA) is 132 Å². The van der Waals surface area contributed by atoms with E-state index in [2.05, 4.69) is 10.4 Å². The van der Waals surface area contributed by atoms with Gasteiger partial charge in [-0.25, -0.2) is 5.43 Å². The van der Waals surface area contributed by atoms with Gasteiger partial charge in [0.15, 0.2) is 0 Å². The highest BCUT2D eigenvalue weighted by Gasteiger charge is 2.15.